The summed E-state index contributed by atoms with van der Waals surface area (Å²) in [5.41, 5.74) is 4.12. The molecule has 1 aromatic heterocycles. The second kappa shape index (κ2) is 7.76. The Morgan fingerprint density at radius 3 is 2.74 bits per heavy atom. The topological polar surface area (TPSA) is 64.3 Å². The van der Waals surface area contributed by atoms with Gasteiger partial charge in [-0.15, -0.1) is 5.10 Å². The summed E-state index contributed by atoms with van der Waals surface area (Å²) < 4.78 is 9.67. The summed E-state index contributed by atoms with van der Waals surface area (Å²) in [7, 11) is 1.72. The maximum atomic E-state index is 6.59. The third-order valence-corrected chi connectivity index (χ3v) is 6.02. The van der Waals surface area contributed by atoms with E-state index >= 15 is 0 Å². The zero-order valence-corrected chi connectivity index (χ0v) is 16.3. The van der Waals surface area contributed by atoms with Crippen LogP contribution in [0.4, 0.5) is 0 Å². The van der Waals surface area contributed by atoms with Crippen LogP contribution in [0.1, 0.15) is 30.4 Å². The van der Waals surface area contributed by atoms with Gasteiger partial charge in [0.1, 0.15) is 11.4 Å². The van der Waals surface area contributed by atoms with E-state index in [9.17, 15) is 0 Å². The van der Waals surface area contributed by atoms with Crippen LogP contribution < -0.4 is 10.6 Å². The fourth-order valence-corrected chi connectivity index (χ4v) is 4.55. The van der Waals surface area contributed by atoms with Gasteiger partial charge in [-0.05, 0) is 66.5 Å². The number of rotatable bonds is 5. The van der Waals surface area contributed by atoms with Crippen molar-refractivity contribution in [1.29, 1.82) is 0 Å². The molecule has 140 valence electrons. The molecule has 2 N–H and O–H groups in total. The molecule has 1 unspecified atom stereocenters. The molecule has 4 rings (SSSR count). The van der Waals surface area contributed by atoms with Crippen LogP contribution in [0.3, 0.4) is 0 Å². The van der Waals surface area contributed by atoms with Gasteiger partial charge >= 0.3 is 0 Å². The van der Waals surface area contributed by atoms with Crippen LogP contribution in [-0.4, -0.2) is 28.3 Å². The van der Waals surface area contributed by atoms with E-state index in [1.165, 1.54) is 23.5 Å². The van der Waals surface area contributed by atoms with Crippen LogP contribution in [0.25, 0.3) is 11.3 Å². The lowest BCUT2D eigenvalue weighted by Crippen LogP contribution is -2.54. The molecule has 1 atom stereocenters. The lowest BCUT2D eigenvalue weighted by atomic mass is 9.76. The molecule has 0 aliphatic carbocycles. The molecule has 1 aliphatic rings. The highest BCUT2D eigenvalue weighted by atomic mass is 32.1. The number of methoxy groups -OCH3 is 1. The molecule has 0 amide bonds. The fraction of sp³-hybridized carbons (Fsp3) is 0.333. The molecular formula is C21H24N4OS. The summed E-state index contributed by atoms with van der Waals surface area (Å²) in [6, 6.07) is 16.8. The average molecular weight is 381 g/mol. The van der Waals surface area contributed by atoms with Crippen LogP contribution in [0, 0.1) is 0 Å². The third kappa shape index (κ3) is 3.48. The van der Waals surface area contributed by atoms with Crippen LogP contribution in [0.2, 0.25) is 0 Å². The minimum atomic E-state index is -0.230. The van der Waals surface area contributed by atoms with Crippen LogP contribution in [-0.2, 0) is 12.0 Å². The summed E-state index contributed by atoms with van der Waals surface area (Å²) >= 11 is 1.36. The highest BCUT2D eigenvalue weighted by molar-refractivity contribution is 7.03. The maximum absolute atomic E-state index is 6.59. The van der Waals surface area contributed by atoms with Crippen molar-refractivity contribution in [2.75, 3.05) is 13.7 Å². The number of nitrogens with zero attached hydrogens (tertiary/aromatic N) is 3. The molecule has 6 heteroatoms. The quantitative estimate of drug-likeness (QED) is 0.678. The van der Waals surface area contributed by atoms with Gasteiger partial charge in [0, 0.05) is 17.5 Å². The van der Waals surface area contributed by atoms with Crippen molar-refractivity contribution in [2.24, 2.45) is 5.84 Å². The Kier molecular flexibility index (Phi) is 5.20. The molecule has 0 spiro atoms. The Labute approximate surface area is 163 Å². The Bertz CT molecular complexity index is 884. The molecule has 0 radical (unpaired) electrons. The van der Waals surface area contributed by atoms with Crippen LogP contribution >= 0.6 is 11.5 Å². The standard InChI is InChI=1S/C21H24N4OS/c1-26-20-10-9-16(19-15-27-24-23-19)13-17(20)14-21(11-5-6-12-25(21)22)18-7-3-2-4-8-18/h2-4,7-10,13,15H,5-6,11-12,14,22H2,1H3. The van der Waals surface area contributed by atoms with Crippen molar-refractivity contribution >= 4 is 11.5 Å². The third-order valence-electron chi connectivity index (χ3n) is 5.52. The van der Waals surface area contributed by atoms with Crippen molar-refractivity contribution in [2.45, 2.75) is 31.2 Å². The summed E-state index contributed by atoms with van der Waals surface area (Å²) in [6.45, 7) is 0.896. The van der Waals surface area contributed by atoms with Crippen molar-refractivity contribution in [1.82, 2.24) is 14.6 Å². The van der Waals surface area contributed by atoms with E-state index in [1.807, 2.05) is 22.5 Å². The Morgan fingerprint density at radius 2 is 2.04 bits per heavy atom. The summed E-state index contributed by atoms with van der Waals surface area (Å²) in [5, 5.41) is 8.21. The number of benzene rings is 2. The van der Waals surface area contributed by atoms with Crippen LogP contribution in [0.5, 0.6) is 5.75 Å². The SMILES string of the molecule is COc1ccc(-c2csnn2)cc1CC1(c2ccccc2)CCCCN1N. The number of piperidine rings is 1. The number of aromatic nitrogens is 2. The van der Waals surface area contributed by atoms with Gasteiger partial charge in [0.25, 0.3) is 0 Å². The van der Waals surface area contributed by atoms with Crippen molar-refractivity contribution in [3.05, 3.63) is 65.0 Å². The van der Waals surface area contributed by atoms with E-state index in [0.717, 1.165) is 48.4 Å². The molecule has 1 aliphatic heterocycles. The molecule has 3 aromatic rings. The van der Waals surface area contributed by atoms with E-state index in [0.29, 0.717) is 0 Å². The van der Waals surface area contributed by atoms with E-state index < -0.39 is 0 Å². The van der Waals surface area contributed by atoms with E-state index in [1.54, 1.807) is 7.11 Å². The first-order valence-electron chi connectivity index (χ1n) is 9.25. The van der Waals surface area contributed by atoms with Crippen LogP contribution in [0.15, 0.2) is 53.9 Å². The number of ether oxygens (including phenoxy) is 1. The fourth-order valence-electron chi connectivity index (χ4n) is 4.09. The predicted molar refractivity (Wildman–Crippen MR) is 108 cm³/mol. The first kappa shape index (κ1) is 18.1. The second-order valence-corrected chi connectivity index (χ2v) is 7.65. The van der Waals surface area contributed by atoms with Gasteiger partial charge < -0.3 is 4.74 Å². The molecular weight excluding hydrogens is 356 g/mol. The largest absolute Gasteiger partial charge is 0.496 e. The molecule has 0 bridgehead atoms. The highest BCUT2D eigenvalue weighted by Gasteiger charge is 2.39. The first-order valence-corrected chi connectivity index (χ1v) is 10.1. The van der Waals surface area contributed by atoms with Gasteiger partial charge in [-0.3, -0.25) is 5.84 Å². The number of hydrogen-bond donors (Lipinski definition) is 1. The summed E-state index contributed by atoms with van der Waals surface area (Å²) in [6.07, 6.45) is 4.12. The Balaban J connectivity index is 1.78. The maximum Gasteiger partial charge on any atom is 0.122 e. The van der Waals surface area contributed by atoms with Gasteiger partial charge in [-0.25, -0.2) is 5.01 Å². The van der Waals surface area contributed by atoms with Crippen molar-refractivity contribution < 1.29 is 4.74 Å². The predicted octanol–water partition coefficient (Wildman–Crippen LogP) is 4.01. The molecule has 1 fully saturated rings. The smallest absolute Gasteiger partial charge is 0.122 e. The Hall–Kier alpha value is -2.28. The lowest BCUT2D eigenvalue weighted by molar-refractivity contribution is 0.0421. The van der Waals surface area contributed by atoms with Gasteiger partial charge in [0.15, 0.2) is 0 Å². The zero-order chi connectivity index (χ0) is 18.7. The highest BCUT2D eigenvalue weighted by Crippen LogP contribution is 2.41. The molecule has 0 saturated carbocycles. The number of nitrogens with two attached hydrogens (primary N) is 1. The summed E-state index contributed by atoms with van der Waals surface area (Å²) in [5.74, 6) is 7.48. The van der Waals surface area contributed by atoms with E-state index in [2.05, 4.69) is 46.0 Å². The second-order valence-electron chi connectivity index (χ2n) is 7.04. The monoisotopic (exact) mass is 380 g/mol. The number of hydrazine groups is 1. The lowest BCUT2D eigenvalue weighted by Gasteiger charge is -2.45. The van der Waals surface area contributed by atoms with Gasteiger partial charge in [-0.1, -0.05) is 34.8 Å². The average Bonchev–Trinajstić information content (AvgIpc) is 3.25. The van der Waals surface area contributed by atoms with Gasteiger partial charge in [-0.2, -0.15) is 0 Å². The van der Waals surface area contributed by atoms with Crippen molar-refractivity contribution in [3.8, 4) is 17.0 Å². The van der Waals surface area contributed by atoms with Gasteiger partial charge in [0.05, 0.1) is 12.6 Å². The molecule has 2 heterocycles. The van der Waals surface area contributed by atoms with E-state index in [4.69, 9.17) is 10.6 Å². The molecule has 2 aromatic carbocycles. The number of hydrogen-bond acceptors (Lipinski definition) is 6. The minimum Gasteiger partial charge on any atom is -0.496 e. The normalized spacial score (nSPS) is 20.5. The van der Waals surface area contributed by atoms with Crippen molar-refractivity contribution in [3.63, 3.8) is 0 Å². The Morgan fingerprint density at radius 1 is 1.19 bits per heavy atom. The molecule has 27 heavy (non-hydrogen) atoms. The summed E-state index contributed by atoms with van der Waals surface area (Å²) in [4.78, 5) is 0. The first-order chi connectivity index (χ1) is 13.2. The molecule has 1 saturated heterocycles. The van der Waals surface area contributed by atoms with Gasteiger partial charge in [0.2, 0.25) is 0 Å². The van der Waals surface area contributed by atoms with E-state index in [-0.39, 0.29) is 5.54 Å². The zero-order valence-electron chi connectivity index (χ0n) is 15.5. The molecule has 5 nitrogen and oxygen atoms in total. The minimum absolute atomic E-state index is 0.230.